The number of amides is 1. The third-order valence-corrected chi connectivity index (χ3v) is 5.13. The van der Waals surface area contributed by atoms with Gasteiger partial charge in [-0.25, -0.2) is 14.3 Å². The lowest BCUT2D eigenvalue weighted by Crippen LogP contribution is -2.37. The van der Waals surface area contributed by atoms with Crippen molar-refractivity contribution >= 4 is 23.8 Å². The molecule has 2 aromatic rings. The third kappa shape index (κ3) is 10.1. The highest BCUT2D eigenvalue weighted by molar-refractivity contribution is 5.96. The Hall–Kier alpha value is -3.33. The molecular formula is C27H40N4O5. The molecule has 3 rings (SSSR count). The van der Waals surface area contributed by atoms with E-state index in [-0.39, 0.29) is 23.3 Å². The number of allylic oxidation sites excluding steroid dienone is 3. The first-order valence-corrected chi connectivity index (χ1v) is 12.3. The second kappa shape index (κ2) is 14.3. The van der Waals surface area contributed by atoms with Gasteiger partial charge in [-0.3, -0.25) is 4.79 Å². The molecule has 0 aromatic carbocycles. The van der Waals surface area contributed by atoms with E-state index in [2.05, 4.69) is 21.5 Å². The number of hydrogen-bond donors (Lipinski definition) is 3. The number of hydrogen-bond acceptors (Lipinski definition) is 6. The van der Waals surface area contributed by atoms with Crippen LogP contribution in [-0.2, 0) is 4.79 Å². The Kier molecular flexibility index (Phi) is 12.2. The molecule has 0 aliphatic heterocycles. The van der Waals surface area contributed by atoms with Crippen LogP contribution in [0.15, 0.2) is 41.6 Å². The molecule has 36 heavy (non-hydrogen) atoms. The maximum absolute atomic E-state index is 13.0. The number of carboxylic acids is 1. The summed E-state index contributed by atoms with van der Waals surface area (Å²) in [5.74, 6) is -1.70. The average Bonchev–Trinajstić information content (AvgIpc) is 3.28. The van der Waals surface area contributed by atoms with Crippen LogP contribution in [0.4, 0.5) is 0 Å². The van der Waals surface area contributed by atoms with Gasteiger partial charge in [0.15, 0.2) is 11.3 Å². The number of nitrogens with zero attached hydrogens (tertiary/aromatic N) is 3. The zero-order valence-electron chi connectivity index (χ0n) is 22.4. The summed E-state index contributed by atoms with van der Waals surface area (Å²) in [7, 11) is 0. The molecule has 0 saturated carbocycles. The van der Waals surface area contributed by atoms with Crippen LogP contribution in [0.2, 0.25) is 0 Å². The number of fused-ring (bicyclic) bond motifs is 1. The number of rotatable bonds is 4. The molecule has 0 radical (unpaired) electrons. The standard InChI is InChI=1S/C21H24N4O4.C4H10O.C2H6/c1-13-6-7-16(14(2)4-3-5-15(10-13)12-26)24-20(27)18-11-17(21(28)29)23-19-8-9-22-25(18)19;1-4(2,3)5;1-2/h4,8-12,15-16H,3,5-7H2,1-2H3,(H,24,27)(H,28,29);5H,1-3H3;1-2H3/b13-10+,14-4+;;. The summed E-state index contributed by atoms with van der Waals surface area (Å²) in [5, 5.41) is 24.9. The molecule has 2 unspecified atom stereocenters. The largest absolute Gasteiger partial charge is 0.477 e. The van der Waals surface area contributed by atoms with Crippen LogP contribution in [0.25, 0.3) is 5.65 Å². The van der Waals surface area contributed by atoms with Crippen LogP contribution in [0.3, 0.4) is 0 Å². The van der Waals surface area contributed by atoms with Crippen molar-refractivity contribution < 1.29 is 24.6 Å². The number of carbonyl (C=O) groups excluding carboxylic acids is 2. The summed E-state index contributed by atoms with van der Waals surface area (Å²) < 4.78 is 1.33. The molecule has 3 N–H and O–H groups in total. The number of nitrogens with one attached hydrogen (secondary N) is 1. The van der Waals surface area contributed by atoms with Crippen molar-refractivity contribution in [1.29, 1.82) is 0 Å². The molecule has 9 heteroatoms. The molecule has 1 aliphatic carbocycles. The molecule has 0 fully saturated rings. The number of aromatic nitrogens is 3. The molecule has 0 saturated heterocycles. The smallest absolute Gasteiger partial charge is 0.354 e. The third-order valence-electron chi connectivity index (χ3n) is 5.13. The topological polar surface area (TPSA) is 134 Å². The Morgan fingerprint density at radius 1 is 1.19 bits per heavy atom. The van der Waals surface area contributed by atoms with Crippen LogP contribution >= 0.6 is 0 Å². The molecule has 0 bridgehead atoms. The van der Waals surface area contributed by atoms with E-state index in [4.69, 9.17) is 5.11 Å². The summed E-state index contributed by atoms with van der Waals surface area (Å²) in [5.41, 5.74) is 1.84. The van der Waals surface area contributed by atoms with Crippen molar-refractivity contribution in [2.24, 2.45) is 5.92 Å². The highest BCUT2D eigenvalue weighted by Gasteiger charge is 2.21. The van der Waals surface area contributed by atoms with E-state index in [9.17, 15) is 19.5 Å². The number of carboxylic acid groups (broad SMARTS) is 1. The minimum atomic E-state index is -1.21. The first-order valence-electron chi connectivity index (χ1n) is 12.3. The van der Waals surface area contributed by atoms with Crippen LogP contribution < -0.4 is 5.32 Å². The van der Waals surface area contributed by atoms with Gasteiger partial charge in [0.25, 0.3) is 5.91 Å². The van der Waals surface area contributed by atoms with Crippen molar-refractivity contribution in [2.75, 3.05) is 0 Å². The van der Waals surface area contributed by atoms with Crippen LogP contribution in [0.1, 0.15) is 95.1 Å². The van der Waals surface area contributed by atoms with Gasteiger partial charge in [0.05, 0.1) is 17.8 Å². The second-order valence-electron chi connectivity index (χ2n) is 9.51. The lowest BCUT2D eigenvalue weighted by molar-refractivity contribution is -0.110. The van der Waals surface area contributed by atoms with Crippen LogP contribution in [-0.4, -0.2) is 54.6 Å². The Morgan fingerprint density at radius 3 is 2.42 bits per heavy atom. The van der Waals surface area contributed by atoms with Gasteiger partial charge in [-0.1, -0.05) is 37.1 Å². The molecule has 9 nitrogen and oxygen atoms in total. The quantitative estimate of drug-likeness (QED) is 0.412. The Balaban J connectivity index is 0.000000826. The Bertz CT molecular complexity index is 1090. The molecule has 2 heterocycles. The van der Waals surface area contributed by atoms with E-state index in [1.807, 2.05) is 33.8 Å². The Labute approximate surface area is 213 Å². The lowest BCUT2D eigenvalue weighted by Gasteiger charge is -2.22. The van der Waals surface area contributed by atoms with E-state index in [1.54, 1.807) is 26.8 Å². The van der Waals surface area contributed by atoms with Crippen LogP contribution in [0.5, 0.6) is 0 Å². The summed E-state index contributed by atoms with van der Waals surface area (Å²) in [4.78, 5) is 39.5. The fourth-order valence-corrected chi connectivity index (χ4v) is 3.49. The number of aldehydes is 1. The maximum atomic E-state index is 13.0. The molecule has 198 valence electrons. The van der Waals surface area contributed by atoms with Gasteiger partial charge in [-0.05, 0) is 60.3 Å². The molecule has 1 aliphatic rings. The predicted octanol–water partition coefficient (Wildman–Crippen LogP) is 4.61. The van der Waals surface area contributed by atoms with E-state index < -0.39 is 17.5 Å². The van der Waals surface area contributed by atoms with Gasteiger partial charge >= 0.3 is 5.97 Å². The van der Waals surface area contributed by atoms with Gasteiger partial charge in [0, 0.05) is 18.1 Å². The van der Waals surface area contributed by atoms with E-state index in [1.165, 1.54) is 16.8 Å². The van der Waals surface area contributed by atoms with Crippen molar-refractivity contribution in [2.45, 2.75) is 85.8 Å². The fraction of sp³-hybridized carbons (Fsp3) is 0.519. The maximum Gasteiger partial charge on any atom is 0.354 e. The summed E-state index contributed by atoms with van der Waals surface area (Å²) >= 11 is 0. The SMILES string of the molecule is C/C1=C\C(C=O)CC/C=C(\C)C(NC(=O)c2cc(C(=O)O)nc3ccnn23)CC1.CC.CC(C)(C)O. The molecule has 2 atom stereocenters. The van der Waals surface area contributed by atoms with Crippen molar-refractivity contribution in [3.63, 3.8) is 0 Å². The van der Waals surface area contributed by atoms with Gasteiger partial charge in [0.1, 0.15) is 12.0 Å². The van der Waals surface area contributed by atoms with Crippen molar-refractivity contribution in [1.82, 2.24) is 19.9 Å². The zero-order valence-corrected chi connectivity index (χ0v) is 22.4. The molecule has 0 spiro atoms. The van der Waals surface area contributed by atoms with Crippen molar-refractivity contribution in [3.8, 4) is 0 Å². The Morgan fingerprint density at radius 2 is 1.83 bits per heavy atom. The first kappa shape index (κ1) is 30.7. The van der Waals surface area contributed by atoms with Crippen molar-refractivity contribution in [3.05, 3.63) is 53.0 Å². The fourth-order valence-electron chi connectivity index (χ4n) is 3.49. The lowest BCUT2D eigenvalue weighted by atomic mass is 9.93. The minimum absolute atomic E-state index is 0.0791. The molecule has 1 amide bonds. The summed E-state index contributed by atoms with van der Waals surface area (Å²) in [6.07, 6.45) is 9.40. The first-order chi connectivity index (χ1) is 16.9. The normalized spacial score (nSPS) is 21.2. The second-order valence-corrected chi connectivity index (χ2v) is 9.51. The van der Waals surface area contributed by atoms with Gasteiger partial charge < -0.3 is 20.3 Å². The zero-order chi connectivity index (χ0) is 27.5. The van der Waals surface area contributed by atoms with Gasteiger partial charge in [0.2, 0.25) is 0 Å². The molecule has 2 aromatic heterocycles. The highest BCUT2D eigenvalue weighted by Crippen LogP contribution is 2.20. The summed E-state index contributed by atoms with van der Waals surface area (Å²) in [6.45, 7) is 13.2. The number of aromatic carboxylic acids is 1. The van der Waals surface area contributed by atoms with E-state index >= 15 is 0 Å². The number of aliphatic hydroxyl groups is 1. The monoisotopic (exact) mass is 500 g/mol. The highest BCUT2D eigenvalue weighted by atomic mass is 16.4. The molecular weight excluding hydrogens is 460 g/mol. The van der Waals surface area contributed by atoms with Gasteiger partial charge in [-0.15, -0.1) is 0 Å². The van der Waals surface area contributed by atoms with E-state index in [0.717, 1.165) is 36.7 Å². The van der Waals surface area contributed by atoms with Crippen LogP contribution in [0, 0.1) is 5.92 Å². The summed E-state index contributed by atoms with van der Waals surface area (Å²) in [6, 6.07) is 2.58. The average molecular weight is 501 g/mol. The minimum Gasteiger partial charge on any atom is -0.477 e. The predicted molar refractivity (Wildman–Crippen MR) is 140 cm³/mol. The van der Waals surface area contributed by atoms with Gasteiger partial charge in [-0.2, -0.15) is 5.10 Å². The van der Waals surface area contributed by atoms with E-state index in [0.29, 0.717) is 12.1 Å². The number of carbonyl (C=O) groups is 3.